The molecule has 0 radical (unpaired) electrons. The van der Waals surface area contributed by atoms with Crippen LogP contribution < -0.4 is 5.84 Å². The highest BCUT2D eigenvalue weighted by atomic mass is 32.2. The number of hydrazine groups is 1. The van der Waals surface area contributed by atoms with Crippen molar-refractivity contribution in [3.8, 4) is 0 Å². The van der Waals surface area contributed by atoms with Gasteiger partial charge in [0.1, 0.15) is 6.61 Å². The van der Waals surface area contributed by atoms with Crippen molar-refractivity contribution >= 4 is 17.4 Å². The largest absolute Gasteiger partial charge is 0.444 e. The van der Waals surface area contributed by atoms with Crippen LogP contribution in [0, 0.1) is 0 Å². The Labute approximate surface area is 66.0 Å². The minimum atomic E-state index is -2.54. The van der Waals surface area contributed by atoms with Crippen LogP contribution in [0.5, 0.6) is 0 Å². The second-order valence-electron chi connectivity index (χ2n) is 1.42. The highest BCUT2D eigenvalue weighted by Crippen LogP contribution is 1.89. The van der Waals surface area contributed by atoms with Crippen LogP contribution in [-0.2, 0) is 16.0 Å². The summed E-state index contributed by atoms with van der Waals surface area (Å²) >= 11 is -2.54. The number of hydrogen-bond acceptors (Lipinski definition) is 4. The Balaban J connectivity index is 3.82. The Bertz CT molecular complexity index is 183. The third-order valence-corrected chi connectivity index (χ3v) is 1.16. The van der Waals surface area contributed by atoms with Crippen molar-refractivity contribution in [1.29, 1.82) is 0 Å². The minimum absolute atomic E-state index is 0.0519. The molecule has 1 atom stereocenters. The number of ether oxygens (including phenoxy) is 1. The summed E-state index contributed by atoms with van der Waals surface area (Å²) in [7, 11) is 0. The van der Waals surface area contributed by atoms with Crippen molar-refractivity contribution < 1.29 is 18.3 Å². The Morgan fingerprint density at radius 3 is 2.82 bits per heavy atom. The Morgan fingerprint density at radius 1 is 1.91 bits per heavy atom. The molecular weight excluding hydrogens is 172 g/mol. The average Bonchev–Trinajstić information content (AvgIpc) is 1.98. The zero-order valence-electron chi connectivity index (χ0n) is 5.60. The summed E-state index contributed by atoms with van der Waals surface area (Å²) < 4.78 is 22.7. The lowest BCUT2D eigenvalue weighted by atomic mass is 10.7. The van der Waals surface area contributed by atoms with Gasteiger partial charge in [0, 0.05) is 0 Å². The van der Waals surface area contributed by atoms with Crippen LogP contribution in [-0.4, -0.2) is 25.9 Å². The maximum Gasteiger partial charge on any atom is 0.438 e. The molecule has 0 heterocycles. The Hall–Kier alpha value is -0.920. The molecule has 0 aliphatic carbocycles. The summed E-state index contributed by atoms with van der Waals surface area (Å²) in [5, 5.41) is 0. The van der Waals surface area contributed by atoms with E-state index in [1.807, 2.05) is 0 Å². The summed E-state index contributed by atoms with van der Waals surface area (Å²) in [6, 6.07) is 0. The molecule has 6 nitrogen and oxygen atoms in total. The normalized spacial score (nSPS) is 11.8. The van der Waals surface area contributed by atoms with Crippen molar-refractivity contribution in [2.24, 2.45) is 5.84 Å². The van der Waals surface area contributed by atoms with Crippen LogP contribution in [0.3, 0.4) is 0 Å². The average molecular weight is 180 g/mol. The number of amides is 1. The van der Waals surface area contributed by atoms with Gasteiger partial charge in [-0.2, -0.15) is 0 Å². The molecule has 0 aliphatic rings. The highest BCUT2D eigenvalue weighted by molar-refractivity contribution is 7.77. The third kappa shape index (κ3) is 3.71. The predicted molar refractivity (Wildman–Crippen MR) is 38.3 cm³/mol. The van der Waals surface area contributed by atoms with E-state index in [-0.39, 0.29) is 11.0 Å². The quantitative estimate of drug-likeness (QED) is 0.203. The van der Waals surface area contributed by atoms with Gasteiger partial charge in [-0.3, -0.25) is 4.55 Å². The number of rotatable bonds is 3. The number of carbonyl (C=O) groups is 1. The SMILES string of the molecule is C=CCOC(=O)N(N)S(=O)O. The molecule has 0 spiro atoms. The second-order valence-corrected chi connectivity index (χ2v) is 2.28. The van der Waals surface area contributed by atoms with Crippen LogP contribution in [0.1, 0.15) is 0 Å². The van der Waals surface area contributed by atoms with Crippen molar-refractivity contribution in [1.82, 2.24) is 4.41 Å². The van der Waals surface area contributed by atoms with Crippen molar-refractivity contribution in [3.05, 3.63) is 12.7 Å². The van der Waals surface area contributed by atoms with Gasteiger partial charge in [-0.15, -0.1) is 4.41 Å². The summed E-state index contributed by atoms with van der Waals surface area (Å²) in [6.07, 6.45) is 0.234. The summed E-state index contributed by atoms with van der Waals surface area (Å²) in [5.41, 5.74) is 0. The molecular formula is C4H8N2O4S. The summed E-state index contributed by atoms with van der Waals surface area (Å²) in [5.74, 6) is 4.78. The fraction of sp³-hybridized carbons (Fsp3) is 0.250. The third-order valence-electron chi connectivity index (χ3n) is 0.673. The summed E-state index contributed by atoms with van der Waals surface area (Å²) in [4.78, 5) is 10.5. The van der Waals surface area contributed by atoms with E-state index in [0.29, 0.717) is 0 Å². The van der Waals surface area contributed by atoms with Gasteiger partial charge >= 0.3 is 6.09 Å². The molecule has 11 heavy (non-hydrogen) atoms. The number of carbonyl (C=O) groups excluding carboxylic acids is 1. The van der Waals surface area contributed by atoms with Gasteiger partial charge in [0.05, 0.1) is 0 Å². The Morgan fingerprint density at radius 2 is 2.45 bits per heavy atom. The zero-order valence-corrected chi connectivity index (χ0v) is 6.41. The lowest BCUT2D eigenvalue weighted by Gasteiger charge is -2.09. The fourth-order valence-corrected chi connectivity index (χ4v) is 0.438. The molecule has 0 aromatic carbocycles. The van der Waals surface area contributed by atoms with E-state index < -0.39 is 17.4 Å². The molecule has 1 amide bonds. The van der Waals surface area contributed by atoms with E-state index in [1.165, 1.54) is 6.08 Å². The molecule has 0 saturated carbocycles. The molecule has 7 heteroatoms. The molecule has 1 unspecified atom stereocenters. The number of nitrogens with two attached hydrogens (primary N) is 1. The minimum Gasteiger partial charge on any atom is -0.444 e. The van der Waals surface area contributed by atoms with E-state index in [4.69, 9.17) is 10.4 Å². The fourth-order valence-electron chi connectivity index (χ4n) is 0.258. The maximum atomic E-state index is 10.5. The van der Waals surface area contributed by atoms with Gasteiger partial charge < -0.3 is 4.74 Å². The second kappa shape index (κ2) is 4.83. The first kappa shape index (κ1) is 10.1. The standard InChI is InChI=1S/C4H8N2O4S/c1-2-3-10-4(7)6(5)11(8)9/h2H,1,3,5H2,(H,8,9). The zero-order chi connectivity index (χ0) is 8.85. The van der Waals surface area contributed by atoms with Crippen LogP contribution in [0.2, 0.25) is 0 Å². The lowest BCUT2D eigenvalue weighted by Crippen LogP contribution is -2.38. The van der Waals surface area contributed by atoms with Crippen molar-refractivity contribution in [3.63, 3.8) is 0 Å². The van der Waals surface area contributed by atoms with E-state index in [0.717, 1.165) is 0 Å². The summed E-state index contributed by atoms with van der Waals surface area (Å²) in [6.45, 7) is 3.21. The van der Waals surface area contributed by atoms with Gasteiger partial charge in [-0.25, -0.2) is 14.8 Å². The first-order valence-corrected chi connectivity index (χ1v) is 3.59. The maximum absolute atomic E-state index is 10.5. The lowest BCUT2D eigenvalue weighted by molar-refractivity contribution is 0.136. The topological polar surface area (TPSA) is 92.9 Å². The monoisotopic (exact) mass is 180 g/mol. The van der Waals surface area contributed by atoms with Gasteiger partial charge in [-0.1, -0.05) is 12.7 Å². The highest BCUT2D eigenvalue weighted by Gasteiger charge is 2.14. The van der Waals surface area contributed by atoms with E-state index in [2.05, 4.69) is 11.3 Å². The van der Waals surface area contributed by atoms with Gasteiger partial charge in [0.15, 0.2) is 0 Å². The van der Waals surface area contributed by atoms with E-state index in [1.54, 1.807) is 0 Å². The Kier molecular flexibility index (Phi) is 4.42. The molecule has 64 valence electrons. The van der Waals surface area contributed by atoms with Crippen molar-refractivity contribution in [2.75, 3.05) is 6.61 Å². The number of nitrogens with zero attached hydrogens (tertiary/aromatic N) is 1. The van der Waals surface area contributed by atoms with E-state index in [9.17, 15) is 9.00 Å². The number of hydrogen-bond donors (Lipinski definition) is 2. The van der Waals surface area contributed by atoms with Crippen LogP contribution in [0.25, 0.3) is 0 Å². The predicted octanol–water partition coefficient (Wildman–Crippen LogP) is -0.379. The first-order chi connectivity index (χ1) is 5.09. The molecule has 0 bridgehead atoms. The molecule has 0 aliphatic heterocycles. The van der Waals surface area contributed by atoms with Crippen LogP contribution in [0.15, 0.2) is 12.7 Å². The van der Waals surface area contributed by atoms with Gasteiger partial charge in [0.2, 0.25) is 0 Å². The molecule has 3 N–H and O–H groups in total. The molecule has 0 aromatic heterocycles. The van der Waals surface area contributed by atoms with E-state index >= 15 is 0 Å². The van der Waals surface area contributed by atoms with Crippen LogP contribution in [0.4, 0.5) is 4.79 Å². The first-order valence-electron chi connectivity index (χ1n) is 2.53. The van der Waals surface area contributed by atoms with Crippen molar-refractivity contribution in [2.45, 2.75) is 0 Å². The molecule has 0 rings (SSSR count). The van der Waals surface area contributed by atoms with Gasteiger partial charge in [-0.05, 0) is 0 Å². The van der Waals surface area contributed by atoms with Gasteiger partial charge in [0.25, 0.3) is 11.3 Å². The smallest absolute Gasteiger partial charge is 0.438 e. The van der Waals surface area contributed by atoms with Crippen LogP contribution >= 0.6 is 0 Å². The molecule has 0 fully saturated rings. The molecule has 0 aromatic rings. The molecule has 0 saturated heterocycles.